The number of fused-ring (bicyclic) bond motifs is 4. The van der Waals surface area contributed by atoms with Gasteiger partial charge >= 0.3 is 0 Å². The highest BCUT2D eigenvalue weighted by molar-refractivity contribution is 7.41. The summed E-state index contributed by atoms with van der Waals surface area (Å²) in [4.78, 5) is 0. The predicted octanol–water partition coefficient (Wildman–Crippen LogP) is 2.30. The highest BCUT2D eigenvalue weighted by Crippen LogP contribution is 2.60. The van der Waals surface area contributed by atoms with Crippen molar-refractivity contribution in [1.29, 1.82) is 0 Å². The van der Waals surface area contributed by atoms with Crippen molar-refractivity contribution < 1.29 is 0 Å². The van der Waals surface area contributed by atoms with Crippen LogP contribution in [-0.2, 0) is 0 Å². The van der Waals surface area contributed by atoms with E-state index in [9.17, 15) is 0 Å². The van der Waals surface area contributed by atoms with Gasteiger partial charge in [-0.3, -0.25) is 0 Å². The maximum atomic E-state index is 1.91. The van der Waals surface area contributed by atoms with Crippen molar-refractivity contribution in [3.05, 3.63) is 11.1 Å². The zero-order valence-corrected chi connectivity index (χ0v) is 6.48. The molecular formula is C8H11P. The van der Waals surface area contributed by atoms with E-state index in [0.717, 1.165) is 11.3 Å². The fourth-order valence-electron chi connectivity index (χ4n) is 2.50. The van der Waals surface area contributed by atoms with Gasteiger partial charge in [0.15, 0.2) is 0 Å². The third-order valence-corrected chi connectivity index (χ3v) is 5.14. The van der Waals surface area contributed by atoms with Crippen LogP contribution in [0.3, 0.4) is 0 Å². The van der Waals surface area contributed by atoms with Crippen LogP contribution in [0.5, 0.6) is 0 Å². The smallest absolute Gasteiger partial charge is 0.00183 e. The minimum absolute atomic E-state index is 1.11. The molecule has 0 aromatic heterocycles. The Morgan fingerprint density at radius 2 is 1.56 bits per heavy atom. The molecule has 3 aliphatic rings. The third kappa shape index (κ3) is 0.454. The summed E-state index contributed by atoms with van der Waals surface area (Å²) in [6.45, 7) is 0. The molecule has 2 atom stereocenters. The molecule has 1 saturated heterocycles. The molecule has 0 nitrogen and oxygen atoms in total. The molecule has 0 radical (unpaired) electrons. The van der Waals surface area contributed by atoms with E-state index in [2.05, 4.69) is 0 Å². The lowest BCUT2D eigenvalue weighted by Crippen LogP contribution is -2.16. The highest BCUT2D eigenvalue weighted by atomic mass is 31.1. The van der Waals surface area contributed by atoms with Crippen molar-refractivity contribution in [1.82, 2.24) is 0 Å². The van der Waals surface area contributed by atoms with Crippen LogP contribution in [-0.4, -0.2) is 11.3 Å². The minimum atomic E-state index is 1.11. The summed E-state index contributed by atoms with van der Waals surface area (Å²) in [6.07, 6.45) is 6.04. The Morgan fingerprint density at radius 3 is 1.89 bits per heavy atom. The summed E-state index contributed by atoms with van der Waals surface area (Å²) in [5, 5.41) is 0. The summed E-state index contributed by atoms with van der Waals surface area (Å²) in [7, 11) is 1.32. The topological polar surface area (TPSA) is 0 Å². The fraction of sp³-hybridized carbons (Fsp3) is 0.750. The molecule has 9 heavy (non-hydrogen) atoms. The summed E-state index contributed by atoms with van der Waals surface area (Å²) in [6, 6.07) is 0. The van der Waals surface area contributed by atoms with Crippen LogP contribution in [0, 0.1) is 0 Å². The Kier molecular flexibility index (Phi) is 0.777. The van der Waals surface area contributed by atoms with E-state index in [-0.39, 0.29) is 0 Å². The van der Waals surface area contributed by atoms with Gasteiger partial charge in [0.2, 0.25) is 0 Å². The average molecular weight is 138 g/mol. The normalized spacial score (nSPS) is 48.0. The van der Waals surface area contributed by atoms with E-state index >= 15 is 0 Å². The van der Waals surface area contributed by atoms with Gasteiger partial charge in [0, 0.05) is 0 Å². The van der Waals surface area contributed by atoms with Crippen LogP contribution in [0.15, 0.2) is 11.1 Å². The van der Waals surface area contributed by atoms with Crippen molar-refractivity contribution in [2.24, 2.45) is 0 Å². The minimum Gasteiger partial charge on any atom is -0.107 e. The number of hydrogen-bond acceptors (Lipinski definition) is 0. The van der Waals surface area contributed by atoms with Gasteiger partial charge in [-0.25, -0.2) is 0 Å². The first-order valence-corrected chi connectivity index (χ1v) is 5.08. The van der Waals surface area contributed by atoms with Gasteiger partial charge in [-0.1, -0.05) is 11.1 Å². The standard InChI is InChI=1S/C8H11P/c1-2-6-5(1)7-3-4-8(6)9-7/h7-9H,1-4H2. The number of allylic oxidation sites excluding steroid dienone is 2. The monoisotopic (exact) mass is 138 g/mol. The molecule has 0 N–H and O–H groups in total. The SMILES string of the molecule is C1CC2=C1C1CCC2P1. The molecule has 1 aliphatic carbocycles. The van der Waals surface area contributed by atoms with Gasteiger partial charge in [-0.05, 0) is 37.0 Å². The summed E-state index contributed by atoms with van der Waals surface area (Å²) in [5.74, 6) is 0. The molecule has 0 amide bonds. The van der Waals surface area contributed by atoms with E-state index in [1.54, 1.807) is 12.8 Å². The van der Waals surface area contributed by atoms with E-state index in [0.29, 0.717) is 0 Å². The fourth-order valence-corrected chi connectivity index (χ4v) is 4.72. The zero-order valence-electron chi connectivity index (χ0n) is 5.48. The van der Waals surface area contributed by atoms with E-state index < -0.39 is 0 Å². The van der Waals surface area contributed by atoms with Crippen LogP contribution >= 0.6 is 8.58 Å². The molecule has 2 bridgehead atoms. The van der Waals surface area contributed by atoms with Gasteiger partial charge in [0.05, 0.1) is 0 Å². The Balaban J connectivity index is 2.12. The number of rotatable bonds is 0. The highest BCUT2D eigenvalue weighted by Gasteiger charge is 2.42. The van der Waals surface area contributed by atoms with Crippen molar-refractivity contribution in [2.45, 2.75) is 37.0 Å². The molecule has 2 unspecified atom stereocenters. The van der Waals surface area contributed by atoms with Crippen LogP contribution < -0.4 is 0 Å². The predicted molar refractivity (Wildman–Crippen MR) is 41.4 cm³/mol. The third-order valence-electron chi connectivity index (χ3n) is 3.06. The average Bonchev–Trinajstić information content (AvgIpc) is 2.18. The number of hydrogen-bond donors (Lipinski definition) is 0. The lowest BCUT2D eigenvalue weighted by molar-refractivity contribution is 0.628. The van der Waals surface area contributed by atoms with Crippen LogP contribution in [0.25, 0.3) is 0 Å². The largest absolute Gasteiger partial charge is 0.107 e. The maximum Gasteiger partial charge on any atom is -0.00183 e. The summed E-state index contributed by atoms with van der Waals surface area (Å²) < 4.78 is 0. The van der Waals surface area contributed by atoms with Crippen molar-refractivity contribution in [3.8, 4) is 0 Å². The molecule has 1 heteroatoms. The molecule has 0 spiro atoms. The second-order valence-electron chi connectivity index (χ2n) is 3.40. The van der Waals surface area contributed by atoms with E-state index in [1.807, 2.05) is 11.1 Å². The van der Waals surface area contributed by atoms with Crippen molar-refractivity contribution >= 4 is 8.58 Å². The van der Waals surface area contributed by atoms with Gasteiger partial charge in [-0.2, -0.15) is 0 Å². The molecule has 2 aliphatic heterocycles. The van der Waals surface area contributed by atoms with Crippen molar-refractivity contribution in [3.63, 3.8) is 0 Å². The van der Waals surface area contributed by atoms with Crippen LogP contribution in [0.2, 0.25) is 0 Å². The second-order valence-corrected chi connectivity index (χ2v) is 5.13. The van der Waals surface area contributed by atoms with Gasteiger partial charge in [0.25, 0.3) is 0 Å². The molecule has 48 valence electrons. The molecule has 2 heterocycles. The Morgan fingerprint density at radius 1 is 1.00 bits per heavy atom. The quantitative estimate of drug-likeness (QED) is 0.356. The lowest BCUT2D eigenvalue weighted by atomic mass is 9.78. The molecule has 1 fully saturated rings. The van der Waals surface area contributed by atoms with Crippen LogP contribution in [0.4, 0.5) is 0 Å². The van der Waals surface area contributed by atoms with E-state index in [4.69, 9.17) is 0 Å². The summed E-state index contributed by atoms with van der Waals surface area (Å²) in [5.41, 5.74) is 6.03. The van der Waals surface area contributed by atoms with Crippen molar-refractivity contribution in [2.75, 3.05) is 0 Å². The zero-order chi connectivity index (χ0) is 5.84. The van der Waals surface area contributed by atoms with Crippen LogP contribution in [0.1, 0.15) is 25.7 Å². The van der Waals surface area contributed by atoms with Gasteiger partial charge in [-0.15, -0.1) is 8.58 Å². The Hall–Kier alpha value is 0.170. The lowest BCUT2D eigenvalue weighted by Gasteiger charge is -2.27. The first-order chi connectivity index (χ1) is 4.45. The van der Waals surface area contributed by atoms with Gasteiger partial charge in [0.1, 0.15) is 0 Å². The molecule has 0 aromatic rings. The molecule has 3 rings (SSSR count). The molecule has 0 aromatic carbocycles. The summed E-state index contributed by atoms with van der Waals surface area (Å²) >= 11 is 0. The molecule has 0 saturated carbocycles. The second kappa shape index (κ2) is 1.42. The first-order valence-electron chi connectivity index (χ1n) is 3.93. The van der Waals surface area contributed by atoms with E-state index in [1.165, 1.54) is 21.4 Å². The Labute approximate surface area is 57.5 Å². The van der Waals surface area contributed by atoms with Gasteiger partial charge < -0.3 is 0 Å². The first kappa shape index (κ1) is 4.91. The molecular weight excluding hydrogens is 127 g/mol. The maximum absolute atomic E-state index is 1.91. The Bertz CT molecular complexity index is 173.